The molecule has 20 heavy (non-hydrogen) atoms. The molecule has 0 bridgehead atoms. The van der Waals surface area contributed by atoms with Gasteiger partial charge in [0.25, 0.3) is 0 Å². The average Bonchev–Trinajstić information content (AvgIpc) is 2.42. The summed E-state index contributed by atoms with van der Waals surface area (Å²) in [6.45, 7) is 7.75. The minimum Gasteiger partial charge on any atom is -0.300 e. The molecule has 1 aromatic rings. The Labute approximate surface area is 124 Å². The van der Waals surface area contributed by atoms with E-state index in [-0.39, 0.29) is 5.41 Å². The highest BCUT2D eigenvalue weighted by Gasteiger charge is 2.25. The molecule has 0 N–H and O–H groups in total. The third kappa shape index (κ3) is 6.70. The molecule has 0 aliphatic carbocycles. The van der Waals surface area contributed by atoms with Gasteiger partial charge >= 0.3 is 0 Å². The summed E-state index contributed by atoms with van der Waals surface area (Å²) in [7, 11) is 0. The molecule has 0 aromatic heterocycles. The molecule has 0 aliphatic heterocycles. The zero-order valence-electron chi connectivity index (χ0n) is 13.0. The lowest BCUT2D eigenvalue weighted by atomic mass is 9.76. The first-order valence-corrected chi connectivity index (χ1v) is 7.70. The van der Waals surface area contributed by atoms with Crippen LogP contribution in [0.4, 0.5) is 0 Å². The zero-order chi connectivity index (χ0) is 14.8. The average molecular weight is 272 g/mol. The van der Waals surface area contributed by atoms with Gasteiger partial charge in [0.15, 0.2) is 0 Å². The van der Waals surface area contributed by atoms with Crippen LogP contribution in [-0.2, 0) is 11.2 Å². The van der Waals surface area contributed by atoms with Crippen LogP contribution in [0.25, 0.3) is 0 Å². The van der Waals surface area contributed by atoms with E-state index in [9.17, 15) is 4.79 Å². The highest BCUT2D eigenvalue weighted by atomic mass is 16.1. The third-order valence-corrected chi connectivity index (χ3v) is 3.97. The molecule has 1 atom stereocenters. The number of hydrogen-bond donors (Lipinski definition) is 0. The van der Waals surface area contributed by atoms with Gasteiger partial charge in [0.1, 0.15) is 5.78 Å². The van der Waals surface area contributed by atoms with Gasteiger partial charge in [0.05, 0.1) is 0 Å². The lowest BCUT2D eigenvalue weighted by molar-refractivity contribution is -0.119. The van der Waals surface area contributed by atoms with Gasteiger partial charge in [0.2, 0.25) is 0 Å². The Hall–Kier alpha value is -1.37. The third-order valence-electron chi connectivity index (χ3n) is 3.97. The van der Waals surface area contributed by atoms with Crippen LogP contribution in [0.15, 0.2) is 43.0 Å². The van der Waals surface area contributed by atoms with Crippen LogP contribution in [0.3, 0.4) is 0 Å². The van der Waals surface area contributed by atoms with Gasteiger partial charge in [-0.25, -0.2) is 0 Å². The Morgan fingerprint density at radius 3 is 2.50 bits per heavy atom. The molecule has 0 saturated heterocycles. The summed E-state index contributed by atoms with van der Waals surface area (Å²) < 4.78 is 0. The quantitative estimate of drug-likeness (QED) is 0.414. The van der Waals surface area contributed by atoms with Crippen LogP contribution in [0, 0.1) is 5.41 Å². The maximum Gasteiger partial charge on any atom is 0.130 e. The monoisotopic (exact) mass is 272 g/mol. The number of unbranched alkanes of at least 4 members (excludes halogenated alkanes) is 2. The molecular weight excluding hydrogens is 244 g/mol. The van der Waals surface area contributed by atoms with Crippen LogP contribution >= 0.6 is 0 Å². The van der Waals surface area contributed by atoms with Gasteiger partial charge in [-0.1, -0.05) is 49.8 Å². The van der Waals surface area contributed by atoms with E-state index in [1.54, 1.807) is 6.92 Å². The van der Waals surface area contributed by atoms with Crippen molar-refractivity contribution in [1.29, 1.82) is 0 Å². The fraction of sp³-hybridized carbons (Fsp3) is 0.526. The first-order valence-electron chi connectivity index (χ1n) is 7.70. The Bertz CT molecular complexity index is 407. The van der Waals surface area contributed by atoms with Crippen molar-refractivity contribution in [2.45, 2.75) is 58.8 Å². The fourth-order valence-corrected chi connectivity index (χ4v) is 2.83. The van der Waals surface area contributed by atoms with Crippen molar-refractivity contribution in [2.75, 3.05) is 0 Å². The second kappa shape index (κ2) is 8.73. The number of ketones is 1. The number of hydrogen-bond acceptors (Lipinski definition) is 1. The fourth-order valence-electron chi connectivity index (χ4n) is 2.83. The minimum absolute atomic E-state index is 0.142. The SMILES string of the molecule is C=CCCCCC(C)(CCc1ccccc1)CC(C)=O. The molecular formula is C19H28O. The zero-order valence-corrected chi connectivity index (χ0v) is 13.0. The highest BCUT2D eigenvalue weighted by Crippen LogP contribution is 2.34. The molecule has 0 saturated carbocycles. The van der Waals surface area contributed by atoms with E-state index in [0.717, 1.165) is 25.7 Å². The number of benzene rings is 1. The number of rotatable bonds is 10. The summed E-state index contributed by atoms with van der Waals surface area (Å²) in [4.78, 5) is 11.5. The second-order valence-electron chi connectivity index (χ2n) is 6.21. The van der Waals surface area contributed by atoms with Crippen LogP contribution in [0.1, 0.15) is 57.9 Å². The maximum absolute atomic E-state index is 11.5. The van der Waals surface area contributed by atoms with E-state index in [1.807, 2.05) is 12.1 Å². The number of carbonyl (C=O) groups is 1. The van der Waals surface area contributed by atoms with Crippen molar-refractivity contribution < 1.29 is 4.79 Å². The standard InChI is InChI=1S/C19H28O/c1-4-5-6-10-14-19(3,16-17(2)20)15-13-18-11-8-7-9-12-18/h4,7-9,11-12H,1,5-6,10,13-16H2,2-3H3. The largest absolute Gasteiger partial charge is 0.300 e. The lowest BCUT2D eigenvalue weighted by Gasteiger charge is -2.29. The molecule has 0 radical (unpaired) electrons. The topological polar surface area (TPSA) is 17.1 Å². The molecule has 1 aromatic carbocycles. The molecule has 0 amide bonds. The first-order chi connectivity index (χ1) is 9.56. The second-order valence-corrected chi connectivity index (χ2v) is 6.21. The normalized spacial score (nSPS) is 13.7. The summed E-state index contributed by atoms with van der Waals surface area (Å²) in [5.74, 6) is 0.310. The number of carbonyl (C=O) groups excluding carboxylic acids is 1. The Morgan fingerprint density at radius 1 is 1.20 bits per heavy atom. The molecule has 1 unspecified atom stereocenters. The predicted octanol–water partition coefficient (Wildman–Crippen LogP) is 5.35. The molecule has 0 aliphatic rings. The van der Waals surface area contributed by atoms with Crippen LogP contribution in [0.5, 0.6) is 0 Å². The van der Waals surface area contributed by atoms with E-state index in [4.69, 9.17) is 0 Å². The number of Topliss-reactive ketones (excluding diaryl/α,β-unsaturated/α-hetero) is 1. The van der Waals surface area contributed by atoms with Crippen LogP contribution < -0.4 is 0 Å². The van der Waals surface area contributed by atoms with Crippen molar-refractivity contribution in [2.24, 2.45) is 5.41 Å². The summed E-state index contributed by atoms with van der Waals surface area (Å²) in [5.41, 5.74) is 1.51. The minimum atomic E-state index is 0.142. The molecule has 1 nitrogen and oxygen atoms in total. The van der Waals surface area contributed by atoms with Gasteiger partial charge in [0, 0.05) is 6.42 Å². The molecule has 0 spiro atoms. The van der Waals surface area contributed by atoms with Crippen LogP contribution in [0.2, 0.25) is 0 Å². The van der Waals surface area contributed by atoms with Crippen molar-refractivity contribution in [3.8, 4) is 0 Å². The van der Waals surface area contributed by atoms with Gasteiger partial charge in [-0.3, -0.25) is 0 Å². The smallest absolute Gasteiger partial charge is 0.130 e. The summed E-state index contributed by atoms with van der Waals surface area (Å²) in [6.07, 6.45) is 9.41. The van der Waals surface area contributed by atoms with Crippen molar-refractivity contribution in [3.63, 3.8) is 0 Å². The Balaban J connectivity index is 2.53. The first kappa shape index (κ1) is 16.7. The van der Waals surface area contributed by atoms with E-state index in [0.29, 0.717) is 12.2 Å². The molecule has 0 fully saturated rings. The molecule has 1 heteroatoms. The van der Waals surface area contributed by atoms with Crippen molar-refractivity contribution >= 4 is 5.78 Å². The van der Waals surface area contributed by atoms with Gasteiger partial charge < -0.3 is 4.79 Å². The Morgan fingerprint density at radius 2 is 1.90 bits per heavy atom. The summed E-state index contributed by atoms with van der Waals surface area (Å²) >= 11 is 0. The highest BCUT2D eigenvalue weighted by molar-refractivity contribution is 5.76. The van der Waals surface area contributed by atoms with Gasteiger partial charge in [-0.2, -0.15) is 0 Å². The Kier molecular flexibility index (Phi) is 7.28. The maximum atomic E-state index is 11.5. The van der Waals surface area contributed by atoms with E-state index < -0.39 is 0 Å². The summed E-state index contributed by atoms with van der Waals surface area (Å²) in [5, 5.41) is 0. The predicted molar refractivity (Wildman–Crippen MR) is 86.8 cm³/mol. The lowest BCUT2D eigenvalue weighted by Crippen LogP contribution is -2.21. The van der Waals surface area contributed by atoms with Gasteiger partial charge in [-0.15, -0.1) is 6.58 Å². The molecule has 110 valence electrons. The van der Waals surface area contributed by atoms with E-state index >= 15 is 0 Å². The van der Waals surface area contributed by atoms with Crippen molar-refractivity contribution in [1.82, 2.24) is 0 Å². The van der Waals surface area contributed by atoms with E-state index in [2.05, 4.69) is 37.8 Å². The van der Waals surface area contributed by atoms with Crippen LogP contribution in [-0.4, -0.2) is 5.78 Å². The van der Waals surface area contributed by atoms with E-state index in [1.165, 1.54) is 18.4 Å². The number of allylic oxidation sites excluding steroid dienone is 1. The molecule has 1 rings (SSSR count). The van der Waals surface area contributed by atoms with Crippen molar-refractivity contribution in [3.05, 3.63) is 48.6 Å². The van der Waals surface area contributed by atoms with Gasteiger partial charge in [-0.05, 0) is 50.0 Å². The summed E-state index contributed by atoms with van der Waals surface area (Å²) in [6, 6.07) is 10.6. The molecule has 0 heterocycles. The number of aryl methyl sites for hydroxylation is 1.